The summed E-state index contributed by atoms with van der Waals surface area (Å²) >= 11 is 1.36. The zero-order chi connectivity index (χ0) is 17.1. The number of hydrogen-bond donors (Lipinski definition) is 1. The second kappa shape index (κ2) is 6.91. The third kappa shape index (κ3) is 3.35. The van der Waals surface area contributed by atoms with E-state index in [0.717, 1.165) is 30.1 Å². The summed E-state index contributed by atoms with van der Waals surface area (Å²) in [4.78, 5) is 41.2. The highest BCUT2D eigenvalue weighted by molar-refractivity contribution is 7.14. The van der Waals surface area contributed by atoms with Gasteiger partial charge in [0.25, 0.3) is 5.91 Å². The van der Waals surface area contributed by atoms with E-state index in [4.69, 9.17) is 0 Å². The van der Waals surface area contributed by atoms with Gasteiger partial charge in [-0.1, -0.05) is 0 Å². The second-order valence-corrected chi connectivity index (χ2v) is 6.62. The van der Waals surface area contributed by atoms with Gasteiger partial charge in [-0.3, -0.25) is 14.5 Å². The predicted molar refractivity (Wildman–Crippen MR) is 90.5 cm³/mol. The Morgan fingerprint density at radius 1 is 1.33 bits per heavy atom. The molecule has 8 nitrogen and oxygen atoms in total. The van der Waals surface area contributed by atoms with Gasteiger partial charge in [-0.25, -0.2) is 15.0 Å². The van der Waals surface area contributed by atoms with Gasteiger partial charge in [-0.15, -0.1) is 11.3 Å². The maximum atomic E-state index is 12.2. The smallest absolute Gasteiger partial charge is 0.280 e. The molecular weight excluding hydrogens is 328 g/mol. The summed E-state index contributed by atoms with van der Waals surface area (Å²) in [5, 5.41) is 2.97. The minimum absolute atomic E-state index is 0.0401. The number of aryl methyl sites for hydroxylation is 1. The maximum absolute atomic E-state index is 12.2. The number of thiazole rings is 1. The molecule has 0 fully saturated rings. The van der Waals surface area contributed by atoms with E-state index in [1.54, 1.807) is 32.6 Å². The van der Waals surface area contributed by atoms with E-state index in [1.807, 2.05) is 4.90 Å². The number of hydrogen-bond acceptors (Lipinski definition) is 7. The average Bonchev–Trinajstić information content (AvgIpc) is 3.04. The van der Waals surface area contributed by atoms with E-state index < -0.39 is 0 Å². The van der Waals surface area contributed by atoms with Crippen molar-refractivity contribution in [2.45, 2.75) is 12.8 Å². The van der Waals surface area contributed by atoms with Gasteiger partial charge in [0, 0.05) is 37.9 Å². The number of anilines is 2. The largest absolute Gasteiger partial charge is 0.347 e. The highest BCUT2D eigenvalue weighted by Crippen LogP contribution is 2.34. The van der Waals surface area contributed by atoms with Gasteiger partial charge in [0.2, 0.25) is 11.9 Å². The SMILES string of the molecule is CN(C)C(=O)CNC(=O)c1nc2c(s1)CCCN2c1ncccn1. The summed E-state index contributed by atoms with van der Waals surface area (Å²) in [6, 6.07) is 1.76. The van der Waals surface area contributed by atoms with E-state index >= 15 is 0 Å². The Kier molecular flexibility index (Phi) is 4.70. The van der Waals surface area contributed by atoms with Crippen molar-refractivity contribution < 1.29 is 9.59 Å². The fourth-order valence-electron chi connectivity index (χ4n) is 2.33. The van der Waals surface area contributed by atoms with Crippen LogP contribution in [0.1, 0.15) is 21.1 Å². The van der Waals surface area contributed by atoms with Crippen LogP contribution in [0.3, 0.4) is 0 Å². The lowest BCUT2D eigenvalue weighted by Crippen LogP contribution is -2.36. The number of amides is 2. The molecule has 1 aliphatic rings. The number of carbonyl (C=O) groups is 2. The van der Waals surface area contributed by atoms with Crippen LogP contribution in [-0.4, -0.2) is 58.9 Å². The van der Waals surface area contributed by atoms with Crippen molar-refractivity contribution in [3.63, 3.8) is 0 Å². The van der Waals surface area contributed by atoms with Crippen molar-refractivity contribution in [1.82, 2.24) is 25.2 Å². The quantitative estimate of drug-likeness (QED) is 0.882. The number of aromatic nitrogens is 3. The first-order valence-electron chi connectivity index (χ1n) is 7.59. The minimum Gasteiger partial charge on any atom is -0.347 e. The molecule has 1 N–H and O–H groups in total. The monoisotopic (exact) mass is 346 g/mol. The Hall–Kier alpha value is -2.55. The number of nitrogens with zero attached hydrogens (tertiary/aromatic N) is 5. The van der Waals surface area contributed by atoms with E-state index in [0.29, 0.717) is 11.0 Å². The Morgan fingerprint density at radius 3 is 2.79 bits per heavy atom. The number of likely N-dealkylation sites (N-methyl/N-ethyl adjacent to an activating group) is 1. The van der Waals surface area contributed by atoms with Crippen molar-refractivity contribution in [2.75, 3.05) is 32.1 Å². The molecule has 0 saturated carbocycles. The van der Waals surface area contributed by atoms with Gasteiger partial charge in [0.05, 0.1) is 6.54 Å². The number of nitrogens with one attached hydrogen (secondary N) is 1. The summed E-state index contributed by atoms with van der Waals surface area (Å²) in [6.45, 7) is 0.725. The highest BCUT2D eigenvalue weighted by Gasteiger charge is 2.26. The van der Waals surface area contributed by atoms with Crippen LogP contribution >= 0.6 is 11.3 Å². The molecule has 2 amide bonds. The van der Waals surface area contributed by atoms with Crippen molar-refractivity contribution >= 4 is 34.9 Å². The standard InChI is InChI=1S/C15H18N6O2S/c1-20(2)11(22)9-18-13(23)14-19-12-10(24-14)5-3-8-21(12)15-16-6-4-7-17-15/h4,6-7H,3,5,8-9H2,1-2H3,(H,18,23). The molecular formula is C15H18N6O2S. The Balaban J connectivity index is 1.78. The van der Waals surface area contributed by atoms with Crippen LogP contribution in [0.5, 0.6) is 0 Å². The fourth-order valence-corrected chi connectivity index (χ4v) is 3.36. The van der Waals surface area contributed by atoms with Crippen molar-refractivity contribution in [3.05, 3.63) is 28.3 Å². The molecule has 3 heterocycles. The molecule has 0 unspecified atom stereocenters. The van der Waals surface area contributed by atoms with Crippen molar-refractivity contribution in [1.29, 1.82) is 0 Å². The normalized spacial score (nSPS) is 13.3. The van der Waals surface area contributed by atoms with Gasteiger partial charge in [0.15, 0.2) is 10.8 Å². The summed E-state index contributed by atoms with van der Waals surface area (Å²) in [7, 11) is 3.29. The Labute approximate surface area is 143 Å². The molecule has 2 aromatic rings. The average molecular weight is 346 g/mol. The molecule has 0 aromatic carbocycles. The lowest BCUT2D eigenvalue weighted by molar-refractivity contribution is -0.127. The Bertz CT molecular complexity index is 746. The molecule has 1 aliphatic heterocycles. The minimum atomic E-state index is -0.335. The zero-order valence-electron chi connectivity index (χ0n) is 13.5. The second-order valence-electron chi connectivity index (χ2n) is 5.54. The summed E-state index contributed by atoms with van der Waals surface area (Å²) in [5.74, 6) is 0.822. The molecule has 0 atom stereocenters. The molecule has 0 aliphatic carbocycles. The number of rotatable bonds is 4. The van der Waals surface area contributed by atoms with Gasteiger partial charge >= 0.3 is 0 Å². The van der Waals surface area contributed by atoms with E-state index in [9.17, 15) is 9.59 Å². The van der Waals surface area contributed by atoms with Crippen LogP contribution in [-0.2, 0) is 11.2 Å². The van der Waals surface area contributed by atoms with Gasteiger partial charge < -0.3 is 10.2 Å². The maximum Gasteiger partial charge on any atom is 0.280 e. The summed E-state index contributed by atoms with van der Waals surface area (Å²) in [5.41, 5.74) is 0. The van der Waals surface area contributed by atoms with Gasteiger partial charge in [0.1, 0.15) is 0 Å². The molecule has 0 bridgehead atoms. The molecule has 2 aromatic heterocycles. The molecule has 0 radical (unpaired) electrons. The first kappa shape index (κ1) is 16.3. The molecule has 0 spiro atoms. The highest BCUT2D eigenvalue weighted by atomic mass is 32.1. The van der Waals surface area contributed by atoms with E-state index in [2.05, 4.69) is 20.3 Å². The molecule has 24 heavy (non-hydrogen) atoms. The number of carbonyl (C=O) groups excluding carboxylic acids is 2. The van der Waals surface area contributed by atoms with Crippen LogP contribution in [0, 0.1) is 0 Å². The van der Waals surface area contributed by atoms with Crippen LogP contribution < -0.4 is 10.2 Å². The predicted octanol–water partition coefficient (Wildman–Crippen LogP) is 0.835. The van der Waals surface area contributed by atoms with Gasteiger partial charge in [-0.05, 0) is 18.9 Å². The molecule has 0 saturated heterocycles. The fraction of sp³-hybridized carbons (Fsp3) is 0.400. The van der Waals surface area contributed by atoms with Crippen molar-refractivity contribution in [2.24, 2.45) is 0 Å². The summed E-state index contributed by atoms with van der Waals surface area (Å²) < 4.78 is 0. The first-order chi connectivity index (χ1) is 11.6. The lowest BCUT2D eigenvalue weighted by atomic mass is 10.2. The van der Waals surface area contributed by atoms with Gasteiger partial charge in [-0.2, -0.15) is 0 Å². The number of fused-ring (bicyclic) bond motifs is 1. The molecule has 3 rings (SSSR count). The third-order valence-corrected chi connectivity index (χ3v) is 4.71. The van der Waals surface area contributed by atoms with Crippen LogP contribution in [0.15, 0.2) is 18.5 Å². The zero-order valence-corrected chi connectivity index (χ0v) is 14.3. The Morgan fingerprint density at radius 2 is 2.08 bits per heavy atom. The lowest BCUT2D eigenvalue weighted by Gasteiger charge is -2.25. The van der Waals surface area contributed by atoms with Crippen LogP contribution in [0.25, 0.3) is 0 Å². The summed E-state index contributed by atoms with van der Waals surface area (Å²) in [6.07, 6.45) is 5.20. The van der Waals surface area contributed by atoms with Crippen LogP contribution in [0.4, 0.5) is 11.8 Å². The van der Waals surface area contributed by atoms with E-state index in [1.165, 1.54) is 16.2 Å². The topological polar surface area (TPSA) is 91.3 Å². The molecule has 9 heteroatoms. The van der Waals surface area contributed by atoms with Crippen molar-refractivity contribution in [3.8, 4) is 0 Å². The first-order valence-corrected chi connectivity index (χ1v) is 8.40. The third-order valence-electron chi connectivity index (χ3n) is 3.60. The molecule has 126 valence electrons. The van der Waals surface area contributed by atoms with Crippen LogP contribution in [0.2, 0.25) is 0 Å². The van der Waals surface area contributed by atoms with E-state index in [-0.39, 0.29) is 18.4 Å².